The molecule has 174 valence electrons. The number of likely N-dealkylation sites (tertiary alicyclic amines) is 1. The third-order valence-electron chi connectivity index (χ3n) is 5.59. The second kappa shape index (κ2) is 12.6. The lowest BCUT2D eigenvalue weighted by Crippen LogP contribution is -2.49. The van der Waals surface area contributed by atoms with Gasteiger partial charge in [0.25, 0.3) is 0 Å². The minimum absolute atomic E-state index is 0. The Morgan fingerprint density at radius 3 is 2.35 bits per heavy atom. The Kier molecular flexibility index (Phi) is 10.6. The van der Waals surface area contributed by atoms with E-state index < -0.39 is 9.84 Å². The summed E-state index contributed by atoms with van der Waals surface area (Å²) in [7, 11) is -2.90. The lowest BCUT2D eigenvalue weighted by atomic mass is 10.1. The Labute approximate surface area is 204 Å². The molecule has 0 unspecified atom stereocenters. The molecule has 2 N–H and O–H groups in total. The van der Waals surface area contributed by atoms with Gasteiger partial charge in [0, 0.05) is 57.3 Å². The predicted molar refractivity (Wildman–Crippen MR) is 140 cm³/mol. The number of aliphatic imine (C=N–C) groups is 1. The molecule has 0 saturated carbocycles. The molecule has 2 heterocycles. The van der Waals surface area contributed by atoms with Crippen LogP contribution in [0.25, 0.3) is 0 Å². The monoisotopic (exact) mass is 561 g/mol. The molecule has 3 rings (SSSR count). The summed E-state index contributed by atoms with van der Waals surface area (Å²) in [5.41, 5.74) is 2.44. The topological polar surface area (TPSA) is 77.0 Å². The van der Waals surface area contributed by atoms with Gasteiger partial charge >= 0.3 is 0 Å². The number of hydrogen-bond acceptors (Lipinski definition) is 5. The van der Waals surface area contributed by atoms with Crippen LogP contribution in [0.1, 0.15) is 25.3 Å². The molecule has 1 aromatic rings. The summed E-state index contributed by atoms with van der Waals surface area (Å²) in [5.74, 6) is 1.09. The third kappa shape index (κ3) is 8.97. The first-order valence-electron chi connectivity index (χ1n) is 10.9. The minimum Gasteiger partial charge on any atom is -0.364 e. The Bertz CT molecular complexity index is 826. The van der Waals surface area contributed by atoms with Crippen LogP contribution in [0, 0.1) is 0 Å². The maximum absolute atomic E-state index is 11.4. The minimum atomic E-state index is -2.90. The highest BCUT2D eigenvalue weighted by Gasteiger charge is 2.20. The molecule has 1 fully saturated rings. The summed E-state index contributed by atoms with van der Waals surface area (Å²) >= 11 is 0. The number of nitrogens with zero attached hydrogens (tertiary/aromatic N) is 3. The molecule has 0 bridgehead atoms. The van der Waals surface area contributed by atoms with Crippen LogP contribution in [0.5, 0.6) is 0 Å². The molecule has 31 heavy (non-hydrogen) atoms. The summed E-state index contributed by atoms with van der Waals surface area (Å²) in [6, 6.07) is 9.01. The van der Waals surface area contributed by atoms with Crippen molar-refractivity contribution in [3.8, 4) is 0 Å². The van der Waals surface area contributed by atoms with Gasteiger partial charge in [-0.25, -0.2) is 13.4 Å². The first kappa shape index (κ1) is 25.9. The van der Waals surface area contributed by atoms with Gasteiger partial charge in [-0.15, -0.1) is 24.0 Å². The van der Waals surface area contributed by atoms with Crippen molar-refractivity contribution >= 4 is 45.5 Å². The van der Waals surface area contributed by atoms with Gasteiger partial charge in [0.2, 0.25) is 0 Å². The van der Waals surface area contributed by atoms with Crippen molar-refractivity contribution < 1.29 is 8.42 Å². The van der Waals surface area contributed by atoms with Gasteiger partial charge in [-0.2, -0.15) is 0 Å². The molecule has 0 spiro atoms. The van der Waals surface area contributed by atoms with Crippen LogP contribution >= 0.6 is 24.0 Å². The highest BCUT2D eigenvalue weighted by atomic mass is 127. The van der Waals surface area contributed by atoms with Gasteiger partial charge in [0.15, 0.2) is 5.96 Å². The van der Waals surface area contributed by atoms with Crippen molar-refractivity contribution in [3.05, 3.63) is 42.0 Å². The molecule has 0 radical (unpaired) electrons. The normalized spacial score (nSPS) is 18.1. The van der Waals surface area contributed by atoms with E-state index in [0.717, 1.165) is 51.5 Å². The molecule has 9 heteroatoms. The predicted octanol–water partition coefficient (Wildman–Crippen LogP) is 2.24. The molecule has 2 aliphatic heterocycles. The number of hydrogen-bond donors (Lipinski definition) is 2. The number of anilines is 1. The molecule has 2 aliphatic rings. The molecule has 0 atom stereocenters. The van der Waals surface area contributed by atoms with Gasteiger partial charge in [0.05, 0.1) is 12.3 Å². The van der Waals surface area contributed by atoms with Gasteiger partial charge in [-0.3, -0.25) is 0 Å². The molecular formula is C22H36IN5O2S. The lowest BCUT2D eigenvalue weighted by Gasteiger charge is -2.32. The van der Waals surface area contributed by atoms with E-state index in [9.17, 15) is 8.42 Å². The molecule has 0 aliphatic carbocycles. The highest BCUT2D eigenvalue weighted by molar-refractivity contribution is 14.0. The number of nitrogens with one attached hydrogen (secondary N) is 2. The lowest BCUT2D eigenvalue weighted by molar-refractivity contribution is 0.216. The van der Waals surface area contributed by atoms with Gasteiger partial charge < -0.3 is 20.4 Å². The zero-order valence-corrected chi connectivity index (χ0v) is 21.7. The fourth-order valence-corrected chi connectivity index (χ4v) is 4.37. The van der Waals surface area contributed by atoms with E-state index in [-0.39, 0.29) is 29.7 Å². The number of sulfone groups is 1. The zero-order valence-electron chi connectivity index (χ0n) is 18.6. The Balaban J connectivity index is 0.00000341. The van der Waals surface area contributed by atoms with E-state index in [4.69, 9.17) is 4.99 Å². The molecule has 0 aromatic heterocycles. The van der Waals surface area contributed by atoms with Crippen LogP contribution in [0.15, 0.2) is 41.4 Å². The first-order valence-corrected chi connectivity index (χ1v) is 12.9. The summed E-state index contributed by atoms with van der Waals surface area (Å²) in [6.07, 6.45) is 7.68. The number of halogens is 1. The Hall–Kier alpha value is -1.33. The number of guanidine groups is 1. The van der Waals surface area contributed by atoms with E-state index in [1.807, 2.05) is 0 Å². The van der Waals surface area contributed by atoms with Gasteiger partial charge in [0.1, 0.15) is 9.84 Å². The smallest absolute Gasteiger partial charge is 0.191 e. The van der Waals surface area contributed by atoms with Crippen molar-refractivity contribution in [1.82, 2.24) is 15.5 Å². The fraction of sp³-hybridized carbons (Fsp3) is 0.591. The van der Waals surface area contributed by atoms with Crippen molar-refractivity contribution in [2.24, 2.45) is 4.99 Å². The fourth-order valence-electron chi connectivity index (χ4n) is 3.78. The Morgan fingerprint density at radius 1 is 1.13 bits per heavy atom. The molecule has 7 nitrogen and oxygen atoms in total. The van der Waals surface area contributed by atoms with Crippen LogP contribution in [-0.2, 0) is 16.4 Å². The van der Waals surface area contributed by atoms with Crippen LogP contribution < -0.4 is 15.5 Å². The summed E-state index contributed by atoms with van der Waals surface area (Å²) in [5, 5.41) is 6.90. The molecule has 1 saturated heterocycles. The largest absolute Gasteiger partial charge is 0.364 e. The van der Waals surface area contributed by atoms with Crippen molar-refractivity contribution in [2.75, 3.05) is 56.2 Å². The maximum atomic E-state index is 11.4. The average Bonchev–Trinajstić information content (AvgIpc) is 3.26. The molecular weight excluding hydrogens is 525 g/mol. The Morgan fingerprint density at radius 2 is 1.77 bits per heavy atom. The molecule has 0 amide bonds. The standard InChI is InChI=1S/C22H35N5O2S.HI/c1-3-23-22(25-20-10-14-26(15-11-20)16-17-30(2,28)29)24-18-19-6-8-21(9-7-19)27-12-4-5-13-27;/h4-9,20H,3,10-18H2,1-2H3,(H2,23,24,25);1H. The van der Waals surface area contributed by atoms with E-state index in [1.54, 1.807) is 0 Å². The SMILES string of the molecule is CCNC(=NCc1ccc(N2CC=CC2)cc1)NC1CCN(CCS(C)(=O)=O)CC1.I. The number of rotatable bonds is 8. The van der Waals surface area contributed by atoms with Crippen molar-refractivity contribution in [1.29, 1.82) is 0 Å². The van der Waals surface area contributed by atoms with Gasteiger partial charge in [-0.1, -0.05) is 24.3 Å². The van der Waals surface area contributed by atoms with E-state index in [0.29, 0.717) is 19.1 Å². The summed E-state index contributed by atoms with van der Waals surface area (Å²) in [4.78, 5) is 9.34. The summed E-state index contributed by atoms with van der Waals surface area (Å²) < 4.78 is 22.7. The maximum Gasteiger partial charge on any atom is 0.191 e. The first-order chi connectivity index (χ1) is 14.4. The zero-order chi connectivity index (χ0) is 21.4. The van der Waals surface area contributed by atoms with Crippen LogP contribution in [0.3, 0.4) is 0 Å². The van der Waals surface area contributed by atoms with Gasteiger partial charge in [-0.05, 0) is 37.5 Å². The van der Waals surface area contributed by atoms with Crippen LogP contribution in [0.2, 0.25) is 0 Å². The second-order valence-electron chi connectivity index (χ2n) is 8.13. The van der Waals surface area contributed by atoms with E-state index in [1.165, 1.54) is 17.5 Å². The van der Waals surface area contributed by atoms with E-state index in [2.05, 4.69) is 63.8 Å². The third-order valence-corrected chi connectivity index (χ3v) is 6.51. The van der Waals surface area contributed by atoms with E-state index >= 15 is 0 Å². The number of benzene rings is 1. The quantitative estimate of drug-likeness (QED) is 0.220. The van der Waals surface area contributed by atoms with Crippen LogP contribution in [0.4, 0.5) is 5.69 Å². The van der Waals surface area contributed by atoms with Crippen molar-refractivity contribution in [2.45, 2.75) is 32.4 Å². The highest BCUT2D eigenvalue weighted by Crippen LogP contribution is 2.18. The second-order valence-corrected chi connectivity index (χ2v) is 10.4. The average molecular weight is 562 g/mol. The van der Waals surface area contributed by atoms with Crippen molar-refractivity contribution in [3.63, 3.8) is 0 Å². The van der Waals surface area contributed by atoms with Crippen LogP contribution in [-0.4, -0.2) is 76.6 Å². The molecule has 1 aromatic carbocycles. The summed E-state index contributed by atoms with van der Waals surface area (Å²) in [6.45, 7) is 7.96. The number of piperidine rings is 1.